The van der Waals surface area contributed by atoms with Gasteiger partial charge in [-0.25, -0.2) is 4.68 Å². The Labute approximate surface area is 159 Å². The Morgan fingerprint density at radius 3 is 2.59 bits per heavy atom. The summed E-state index contributed by atoms with van der Waals surface area (Å²) in [7, 11) is 0. The van der Waals surface area contributed by atoms with Crippen LogP contribution in [0.3, 0.4) is 0 Å². The summed E-state index contributed by atoms with van der Waals surface area (Å²) >= 11 is 0. The molecular formula is C22H24N4O. The monoisotopic (exact) mass is 360 g/mol. The number of amides is 1. The fourth-order valence-electron chi connectivity index (χ4n) is 3.61. The number of carbonyl (C=O) groups excluding carboxylic acids is 1. The van der Waals surface area contributed by atoms with Crippen molar-refractivity contribution in [3.63, 3.8) is 0 Å². The maximum atomic E-state index is 12.3. The SMILES string of the molecule is O=C(CN1CC[C@H](c2ccccc2)C1)NCc1cnn(-c2ccccc2)c1. The van der Waals surface area contributed by atoms with E-state index in [1.807, 2.05) is 47.3 Å². The predicted molar refractivity (Wildman–Crippen MR) is 106 cm³/mol. The van der Waals surface area contributed by atoms with Crippen LogP contribution in [0.25, 0.3) is 5.69 Å². The van der Waals surface area contributed by atoms with Crippen LogP contribution in [0.15, 0.2) is 73.1 Å². The third kappa shape index (κ3) is 4.44. The van der Waals surface area contributed by atoms with Crippen molar-refractivity contribution in [3.8, 4) is 5.69 Å². The maximum Gasteiger partial charge on any atom is 0.234 e. The zero-order chi connectivity index (χ0) is 18.5. The Morgan fingerprint density at radius 1 is 1.07 bits per heavy atom. The molecule has 1 fully saturated rings. The summed E-state index contributed by atoms with van der Waals surface area (Å²) in [5.41, 5.74) is 3.38. The van der Waals surface area contributed by atoms with Crippen molar-refractivity contribution in [3.05, 3.63) is 84.2 Å². The molecule has 0 saturated carbocycles. The van der Waals surface area contributed by atoms with E-state index in [1.54, 1.807) is 6.20 Å². The molecule has 1 N–H and O–H groups in total. The number of likely N-dealkylation sites (tertiary alicyclic amines) is 1. The van der Waals surface area contributed by atoms with Crippen molar-refractivity contribution in [1.82, 2.24) is 20.0 Å². The number of carbonyl (C=O) groups is 1. The van der Waals surface area contributed by atoms with Gasteiger partial charge in [0, 0.05) is 24.8 Å². The van der Waals surface area contributed by atoms with Gasteiger partial charge in [-0.1, -0.05) is 48.5 Å². The summed E-state index contributed by atoms with van der Waals surface area (Å²) in [4.78, 5) is 14.5. The summed E-state index contributed by atoms with van der Waals surface area (Å²) in [6.07, 6.45) is 4.87. The third-order valence-corrected chi connectivity index (χ3v) is 5.06. The maximum absolute atomic E-state index is 12.3. The van der Waals surface area contributed by atoms with Gasteiger partial charge in [-0.05, 0) is 36.6 Å². The molecule has 0 spiro atoms. The van der Waals surface area contributed by atoms with E-state index >= 15 is 0 Å². The Kier molecular flexibility index (Phi) is 5.30. The second-order valence-corrected chi connectivity index (χ2v) is 7.04. The average molecular weight is 360 g/mol. The van der Waals surface area contributed by atoms with Gasteiger partial charge in [0.05, 0.1) is 18.4 Å². The van der Waals surface area contributed by atoms with Gasteiger partial charge >= 0.3 is 0 Å². The summed E-state index contributed by atoms with van der Waals surface area (Å²) in [6, 6.07) is 20.5. The Hall–Kier alpha value is -2.92. The highest BCUT2D eigenvalue weighted by atomic mass is 16.2. The van der Waals surface area contributed by atoms with Gasteiger partial charge in [-0.2, -0.15) is 5.10 Å². The fourth-order valence-corrected chi connectivity index (χ4v) is 3.61. The molecule has 1 aliphatic heterocycles. The molecule has 27 heavy (non-hydrogen) atoms. The van der Waals surface area contributed by atoms with Crippen molar-refractivity contribution in [2.24, 2.45) is 0 Å². The normalized spacial score (nSPS) is 17.1. The van der Waals surface area contributed by atoms with Crippen molar-refractivity contribution >= 4 is 5.91 Å². The van der Waals surface area contributed by atoms with E-state index in [1.165, 1.54) is 5.56 Å². The molecule has 1 amide bonds. The molecule has 4 rings (SSSR count). The molecule has 0 radical (unpaired) electrons. The van der Waals surface area contributed by atoms with Crippen LogP contribution in [-0.2, 0) is 11.3 Å². The number of hydrogen-bond donors (Lipinski definition) is 1. The Bertz CT molecular complexity index is 876. The van der Waals surface area contributed by atoms with Crippen LogP contribution in [0.5, 0.6) is 0 Å². The first-order valence-corrected chi connectivity index (χ1v) is 9.41. The van der Waals surface area contributed by atoms with Crippen LogP contribution in [-0.4, -0.2) is 40.2 Å². The zero-order valence-electron chi connectivity index (χ0n) is 15.3. The van der Waals surface area contributed by atoms with Crippen LogP contribution in [0.1, 0.15) is 23.5 Å². The first-order chi connectivity index (χ1) is 13.3. The van der Waals surface area contributed by atoms with E-state index in [4.69, 9.17) is 0 Å². The van der Waals surface area contributed by atoms with E-state index in [0.717, 1.165) is 30.8 Å². The number of hydrogen-bond acceptors (Lipinski definition) is 3. The predicted octanol–water partition coefficient (Wildman–Crippen LogP) is 2.98. The lowest BCUT2D eigenvalue weighted by molar-refractivity contribution is -0.122. The lowest BCUT2D eigenvalue weighted by Crippen LogP contribution is -2.35. The van der Waals surface area contributed by atoms with Crippen LogP contribution in [0, 0.1) is 0 Å². The number of rotatable bonds is 6. The number of aromatic nitrogens is 2. The number of para-hydroxylation sites is 1. The highest BCUT2D eigenvalue weighted by molar-refractivity contribution is 5.78. The molecular weight excluding hydrogens is 336 g/mol. The van der Waals surface area contributed by atoms with Gasteiger partial charge in [-0.3, -0.25) is 9.69 Å². The first kappa shape index (κ1) is 17.5. The fraction of sp³-hybridized carbons (Fsp3) is 0.273. The number of nitrogens with zero attached hydrogens (tertiary/aromatic N) is 3. The molecule has 1 aromatic heterocycles. The summed E-state index contributed by atoms with van der Waals surface area (Å²) in [6.45, 7) is 2.88. The summed E-state index contributed by atoms with van der Waals surface area (Å²) in [5, 5.41) is 7.38. The minimum Gasteiger partial charge on any atom is -0.351 e. The van der Waals surface area contributed by atoms with Crippen LogP contribution in [0.2, 0.25) is 0 Å². The van der Waals surface area contributed by atoms with E-state index in [0.29, 0.717) is 19.0 Å². The van der Waals surface area contributed by atoms with Crippen molar-refractivity contribution in [1.29, 1.82) is 0 Å². The Balaban J connectivity index is 1.25. The summed E-state index contributed by atoms with van der Waals surface area (Å²) in [5.74, 6) is 0.597. The van der Waals surface area contributed by atoms with Gasteiger partial charge in [0.2, 0.25) is 5.91 Å². The molecule has 0 unspecified atom stereocenters. The first-order valence-electron chi connectivity index (χ1n) is 9.41. The molecule has 1 saturated heterocycles. The zero-order valence-corrected chi connectivity index (χ0v) is 15.3. The molecule has 2 aromatic carbocycles. The molecule has 1 aliphatic rings. The van der Waals surface area contributed by atoms with Gasteiger partial charge in [0.25, 0.3) is 0 Å². The molecule has 3 aromatic rings. The molecule has 5 nitrogen and oxygen atoms in total. The molecule has 0 bridgehead atoms. The number of nitrogens with one attached hydrogen (secondary N) is 1. The Morgan fingerprint density at radius 2 is 1.81 bits per heavy atom. The average Bonchev–Trinajstić information content (AvgIpc) is 3.37. The largest absolute Gasteiger partial charge is 0.351 e. The van der Waals surface area contributed by atoms with Crippen molar-refractivity contribution < 1.29 is 4.79 Å². The quantitative estimate of drug-likeness (QED) is 0.735. The van der Waals surface area contributed by atoms with E-state index in [9.17, 15) is 4.79 Å². The second-order valence-electron chi connectivity index (χ2n) is 7.04. The second kappa shape index (κ2) is 8.18. The van der Waals surface area contributed by atoms with Gasteiger partial charge in [0.1, 0.15) is 0 Å². The highest BCUT2D eigenvalue weighted by Gasteiger charge is 2.24. The van der Waals surface area contributed by atoms with Gasteiger partial charge in [0.15, 0.2) is 0 Å². The number of benzene rings is 2. The van der Waals surface area contributed by atoms with E-state index in [-0.39, 0.29) is 5.91 Å². The molecule has 5 heteroatoms. The lowest BCUT2D eigenvalue weighted by atomic mass is 9.99. The molecule has 0 aliphatic carbocycles. The third-order valence-electron chi connectivity index (χ3n) is 5.06. The smallest absolute Gasteiger partial charge is 0.234 e. The van der Waals surface area contributed by atoms with Gasteiger partial charge in [-0.15, -0.1) is 0 Å². The van der Waals surface area contributed by atoms with Crippen LogP contribution < -0.4 is 5.32 Å². The lowest BCUT2D eigenvalue weighted by Gasteiger charge is -2.15. The minimum atomic E-state index is 0.0659. The molecule has 138 valence electrons. The summed E-state index contributed by atoms with van der Waals surface area (Å²) < 4.78 is 1.83. The molecule has 2 heterocycles. The van der Waals surface area contributed by atoms with Crippen molar-refractivity contribution in [2.75, 3.05) is 19.6 Å². The van der Waals surface area contributed by atoms with Crippen LogP contribution in [0.4, 0.5) is 0 Å². The van der Waals surface area contributed by atoms with Crippen LogP contribution >= 0.6 is 0 Å². The van der Waals surface area contributed by atoms with Crippen molar-refractivity contribution in [2.45, 2.75) is 18.9 Å². The topological polar surface area (TPSA) is 50.2 Å². The van der Waals surface area contributed by atoms with E-state index < -0.39 is 0 Å². The molecule has 1 atom stereocenters. The van der Waals surface area contributed by atoms with E-state index in [2.05, 4.69) is 39.6 Å². The highest BCUT2D eigenvalue weighted by Crippen LogP contribution is 2.26. The standard InChI is InChI=1S/C22H24N4O/c27-22(17-25-12-11-20(16-25)19-7-3-1-4-8-19)23-13-18-14-24-26(15-18)21-9-5-2-6-10-21/h1-10,14-15,20H,11-13,16-17H2,(H,23,27)/t20-/m0/s1. The van der Waals surface area contributed by atoms with Gasteiger partial charge < -0.3 is 5.32 Å². The minimum absolute atomic E-state index is 0.0659.